The number of nitrogens with one attached hydrogen (secondary N) is 1. The van der Waals surface area contributed by atoms with E-state index < -0.39 is 6.10 Å². The maximum absolute atomic E-state index is 12.9. The van der Waals surface area contributed by atoms with Crippen LogP contribution in [-0.4, -0.2) is 12.0 Å². The van der Waals surface area contributed by atoms with E-state index >= 15 is 0 Å². The van der Waals surface area contributed by atoms with Crippen molar-refractivity contribution in [3.8, 4) is 5.75 Å². The Labute approximate surface area is 141 Å². The lowest BCUT2D eigenvalue weighted by atomic mass is 10.0. The predicted molar refractivity (Wildman–Crippen MR) is 91.5 cm³/mol. The molecule has 0 saturated carbocycles. The first kappa shape index (κ1) is 16.5. The summed E-state index contributed by atoms with van der Waals surface area (Å²) in [7, 11) is 0. The molecule has 0 heterocycles. The largest absolute Gasteiger partial charge is 0.481 e. The lowest BCUT2D eigenvalue weighted by molar-refractivity contribution is -0.127. The average molecular weight is 327 g/mol. The Morgan fingerprint density at radius 1 is 1.08 bits per heavy atom. The van der Waals surface area contributed by atoms with Crippen molar-refractivity contribution in [2.75, 3.05) is 0 Å². The van der Waals surface area contributed by atoms with Gasteiger partial charge >= 0.3 is 0 Å². The summed E-state index contributed by atoms with van der Waals surface area (Å²) in [5.74, 6) is -0.0405. The van der Waals surface area contributed by atoms with Crippen molar-refractivity contribution in [3.63, 3.8) is 0 Å². The minimum Gasteiger partial charge on any atom is -0.481 e. The second-order valence-electron chi connectivity index (χ2n) is 6.33. The Hall–Kier alpha value is -2.36. The first-order chi connectivity index (χ1) is 11.5. The third-order valence-corrected chi connectivity index (χ3v) is 4.48. The van der Waals surface area contributed by atoms with E-state index in [1.54, 1.807) is 6.92 Å². The van der Waals surface area contributed by atoms with E-state index in [4.69, 9.17) is 4.74 Å². The number of hydrogen-bond acceptors (Lipinski definition) is 2. The number of benzene rings is 2. The van der Waals surface area contributed by atoms with Gasteiger partial charge in [0, 0.05) is 0 Å². The van der Waals surface area contributed by atoms with Gasteiger partial charge in [-0.2, -0.15) is 0 Å². The van der Waals surface area contributed by atoms with E-state index in [-0.39, 0.29) is 17.8 Å². The fraction of sp³-hybridized carbons (Fsp3) is 0.350. The van der Waals surface area contributed by atoms with Gasteiger partial charge in [-0.1, -0.05) is 18.2 Å². The van der Waals surface area contributed by atoms with E-state index in [0.29, 0.717) is 5.75 Å². The van der Waals surface area contributed by atoms with Crippen molar-refractivity contribution in [2.45, 2.75) is 45.3 Å². The van der Waals surface area contributed by atoms with E-state index in [2.05, 4.69) is 23.5 Å². The lowest BCUT2D eigenvalue weighted by Gasteiger charge is -2.19. The molecule has 0 aromatic heterocycles. The minimum atomic E-state index is -0.646. The second-order valence-corrected chi connectivity index (χ2v) is 6.33. The Balaban J connectivity index is 1.60. The van der Waals surface area contributed by atoms with Gasteiger partial charge in [-0.3, -0.25) is 4.79 Å². The van der Waals surface area contributed by atoms with Gasteiger partial charge in [0.25, 0.3) is 5.91 Å². The molecular weight excluding hydrogens is 305 g/mol. The standard InChI is InChI=1S/C20H22FNO2/c1-13(16-7-6-15-4-3-5-17(15)12-16)22-20(23)14(2)24-19-10-8-18(21)9-11-19/h6-14H,3-5H2,1-2H3,(H,22,23). The monoisotopic (exact) mass is 327 g/mol. The van der Waals surface area contributed by atoms with Gasteiger partial charge in [0.05, 0.1) is 6.04 Å². The van der Waals surface area contributed by atoms with E-state index in [1.807, 2.05) is 6.92 Å². The van der Waals surface area contributed by atoms with Gasteiger partial charge < -0.3 is 10.1 Å². The number of carbonyl (C=O) groups is 1. The highest BCUT2D eigenvalue weighted by atomic mass is 19.1. The van der Waals surface area contributed by atoms with Crippen LogP contribution in [0.2, 0.25) is 0 Å². The zero-order chi connectivity index (χ0) is 17.1. The summed E-state index contributed by atoms with van der Waals surface area (Å²) >= 11 is 0. The van der Waals surface area contributed by atoms with Crippen LogP contribution in [0.1, 0.15) is 43.0 Å². The number of hydrogen-bond donors (Lipinski definition) is 1. The zero-order valence-electron chi connectivity index (χ0n) is 14.0. The fourth-order valence-electron chi connectivity index (χ4n) is 3.05. The summed E-state index contributed by atoms with van der Waals surface area (Å²) < 4.78 is 18.5. The number of fused-ring (bicyclic) bond motifs is 1. The Bertz CT molecular complexity index is 727. The number of carbonyl (C=O) groups excluding carboxylic acids is 1. The van der Waals surface area contributed by atoms with Gasteiger partial charge in [-0.15, -0.1) is 0 Å². The van der Waals surface area contributed by atoms with E-state index in [9.17, 15) is 9.18 Å². The third kappa shape index (κ3) is 3.75. The van der Waals surface area contributed by atoms with Crippen LogP contribution in [0.5, 0.6) is 5.75 Å². The summed E-state index contributed by atoms with van der Waals surface area (Å²) in [6.07, 6.45) is 2.84. The molecule has 1 N–H and O–H groups in total. The molecule has 0 aliphatic heterocycles. The quantitative estimate of drug-likeness (QED) is 0.903. The van der Waals surface area contributed by atoms with Crippen LogP contribution in [0.4, 0.5) is 4.39 Å². The number of rotatable bonds is 5. The summed E-state index contributed by atoms with van der Waals surface area (Å²) in [6, 6.07) is 12.0. The van der Waals surface area contributed by atoms with Gasteiger partial charge in [0.1, 0.15) is 11.6 Å². The molecule has 3 rings (SSSR count). The van der Waals surface area contributed by atoms with E-state index in [1.165, 1.54) is 41.8 Å². The van der Waals surface area contributed by atoms with Gasteiger partial charge in [0.2, 0.25) is 0 Å². The molecule has 0 radical (unpaired) electrons. The predicted octanol–water partition coefficient (Wildman–Crippen LogP) is 3.96. The molecule has 2 unspecified atom stereocenters. The van der Waals surface area contributed by atoms with Crippen molar-refractivity contribution < 1.29 is 13.9 Å². The minimum absolute atomic E-state index is 0.0809. The van der Waals surface area contributed by atoms with Crippen LogP contribution < -0.4 is 10.1 Å². The first-order valence-corrected chi connectivity index (χ1v) is 8.37. The third-order valence-electron chi connectivity index (χ3n) is 4.48. The molecule has 2 atom stereocenters. The SMILES string of the molecule is CC(Oc1ccc(F)cc1)C(=O)NC(C)c1ccc2c(c1)CCC2. The van der Waals surface area contributed by atoms with Crippen LogP contribution in [0, 0.1) is 5.82 Å². The molecule has 4 heteroatoms. The highest BCUT2D eigenvalue weighted by Gasteiger charge is 2.19. The van der Waals surface area contributed by atoms with Gasteiger partial charge in [-0.25, -0.2) is 4.39 Å². The van der Waals surface area contributed by atoms with Crippen molar-refractivity contribution in [3.05, 3.63) is 65.0 Å². The van der Waals surface area contributed by atoms with Crippen molar-refractivity contribution >= 4 is 5.91 Å². The Kier molecular flexibility index (Phi) is 4.84. The van der Waals surface area contributed by atoms with Crippen LogP contribution in [0.25, 0.3) is 0 Å². The smallest absolute Gasteiger partial charge is 0.261 e. The number of halogens is 1. The lowest BCUT2D eigenvalue weighted by Crippen LogP contribution is -2.37. The highest BCUT2D eigenvalue weighted by Crippen LogP contribution is 2.25. The normalized spacial score (nSPS) is 15.5. The molecule has 1 amide bonds. The van der Waals surface area contributed by atoms with Gasteiger partial charge in [0.15, 0.2) is 6.10 Å². The summed E-state index contributed by atoms with van der Waals surface area (Å²) in [6.45, 7) is 3.66. The molecule has 2 aromatic carbocycles. The van der Waals surface area contributed by atoms with Crippen LogP contribution in [0.3, 0.4) is 0 Å². The van der Waals surface area contributed by atoms with Crippen molar-refractivity contribution in [1.82, 2.24) is 5.32 Å². The molecule has 0 fully saturated rings. The van der Waals surface area contributed by atoms with E-state index in [0.717, 1.165) is 18.4 Å². The molecule has 0 bridgehead atoms. The maximum Gasteiger partial charge on any atom is 0.261 e. The maximum atomic E-state index is 12.9. The molecular formula is C20H22FNO2. The van der Waals surface area contributed by atoms with Crippen LogP contribution in [-0.2, 0) is 17.6 Å². The summed E-state index contributed by atoms with van der Waals surface area (Å²) in [4.78, 5) is 12.3. The number of amides is 1. The highest BCUT2D eigenvalue weighted by molar-refractivity contribution is 5.81. The van der Waals surface area contributed by atoms with Crippen LogP contribution in [0.15, 0.2) is 42.5 Å². The van der Waals surface area contributed by atoms with Gasteiger partial charge in [-0.05, 0) is 74.1 Å². The number of aryl methyl sites for hydroxylation is 2. The van der Waals surface area contributed by atoms with Crippen molar-refractivity contribution in [1.29, 1.82) is 0 Å². The fourth-order valence-corrected chi connectivity index (χ4v) is 3.05. The Morgan fingerprint density at radius 2 is 1.79 bits per heavy atom. The Morgan fingerprint density at radius 3 is 2.54 bits per heavy atom. The molecule has 2 aromatic rings. The second kappa shape index (κ2) is 7.04. The number of ether oxygens (including phenoxy) is 1. The zero-order valence-corrected chi connectivity index (χ0v) is 14.0. The average Bonchev–Trinajstić information content (AvgIpc) is 3.04. The topological polar surface area (TPSA) is 38.3 Å². The molecule has 24 heavy (non-hydrogen) atoms. The molecule has 1 aliphatic rings. The molecule has 3 nitrogen and oxygen atoms in total. The van der Waals surface area contributed by atoms with Crippen LogP contribution >= 0.6 is 0 Å². The molecule has 126 valence electrons. The molecule has 0 spiro atoms. The molecule has 0 saturated heterocycles. The first-order valence-electron chi connectivity index (χ1n) is 8.37. The van der Waals surface area contributed by atoms with Crippen molar-refractivity contribution in [2.24, 2.45) is 0 Å². The summed E-state index contributed by atoms with van der Waals surface area (Å²) in [5.41, 5.74) is 3.92. The molecule has 1 aliphatic carbocycles. The summed E-state index contributed by atoms with van der Waals surface area (Å²) in [5, 5.41) is 2.98.